The Hall–Kier alpha value is -4.17. The first kappa shape index (κ1) is 21.4. The summed E-state index contributed by atoms with van der Waals surface area (Å²) in [6.45, 7) is 1.96. The topological polar surface area (TPSA) is 124 Å². The highest BCUT2D eigenvalue weighted by atomic mass is 15.3. The summed E-state index contributed by atoms with van der Waals surface area (Å²) in [7, 11) is 2.02. The molecule has 11 nitrogen and oxygen atoms in total. The van der Waals surface area contributed by atoms with Crippen LogP contribution in [0, 0.1) is 11.3 Å². The van der Waals surface area contributed by atoms with Crippen molar-refractivity contribution in [1.29, 1.82) is 5.26 Å². The number of benzene rings is 1. The van der Waals surface area contributed by atoms with Gasteiger partial charge >= 0.3 is 0 Å². The summed E-state index contributed by atoms with van der Waals surface area (Å²) in [5, 5.41) is 32.3. The van der Waals surface area contributed by atoms with E-state index in [1.54, 1.807) is 23.4 Å². The molecule has 0 spiro atoms. The van der Waals surface area contributed by atoms with Gasteiger partial charge in [-0.3, -0.25) is 4.57 Å². The summed E-state index contributed by atoms with van der Waals surface area (Å²) in [4.78, 5) is 7.11. The predicted molar refractivity (Wildman–Crippen MR) is 133 cm³/mol. The second-order valence-corrected chi connectivity index (χ2v) is 9.12. The van der Waals surface area contributed by atoms with E-state index in [0.717, 1.165) is 55.2 Å². The van der Waals surface area contributed by atoms with E-state index in [1.807, 2.05) is 17.7 Å². The van der Waals surface area contributed by atoms with Gasteiger partial charge in [-0.25, -0.2) is 4.98 Å². The van der Waals surface area contributed by atoms with Crippen molar-refractivity contribution in [2.24, 2.45) is 0 Å². The number of nitrogens with one attached hydrogen (secondary N) is 3. The zero-order valence-corrected chi connectivity index (χ0v) is 19.5. The highest BCUT2D eigenvalue weighted by molar-refractivity contribution is 5.73. The molecule has 1 aliphatic heterocycles. The summed E-state index contributed by atoms with van der Waals surface area (Å²) < 4.78 is 3.63. The third-order valence-electron chi connectivity index (χ3n) is 6.64. The van der Waals surface area contributed by atoms with Crippen LogP contribution in [0.1, 0.15) is 31.2 Å². The molecule has 2 fully saturated rings. The fraction of sp³-hybridized carbons (Fsp3) is 0.375. The summed E-state index contributed by atoms with van der Waals surface area (Å²) in [5.74, 6) is 1.47. The Kier molecular flexibility index (Phi) is 5.42. The lowest BCUT2D eigenvalue weighted by molar-refractivity contribution is 0.449. The van der Waals surface area contributed by atoms with E-state index < -0.39 is 0 Å². The summed E-state index contributed by atoms with van der Waals surface area (Å²) in [5.41, 5.74) is 3.99. The molecule has 4 aromatic rings. The molecule has 4 heterocycles. The molecule has 3 aromatic heterocycles. The smallest absolute Gasteiger partial charge is 0.177 e. The summed E-state index contributed by atoms with van der Waals surface area (Å²) >= 11 is 0. The average Bonchev–Trinajstić information content (AvgIpc) is 3.36. The van der Waals surface area contributed by atoms with Crippen molar-refractivity contribution in [2.75, 3.05) is 35.7 Å². The van der Waals surface area contributed by atoms with Crippen molar-refractivity contribution in [3.8, 4) is 11.8 Å². The number of hydrogen-bond acceptors (Lipinski definition) is 9. The van der Waals surface area contributed by atoms with Gasteiger partial charge in [0.1, 0.15) is 35.9 Å². The van der Waals surface area contributed by atoms with Gasteiger partial charge in [0, 0.05) is 36.9 Å². The molecule has 1 atom stereocenters. The molecule has 0 unspecified atom stereocenters. The minimum atomic E-state index is 0.439. The standard InChI is InChI=1S/C24H27N11/c1-26-19-3-2-8-33(13-19)20-7-6-18(9-21(20)34-14-27-28-15-34)30-22-10-23(31-17-4-5-17)35-24(32-22)16(11-25)12-29-35/h6-7,9-10,12,14-15,17,19,26,31H,2-5,8,13H2,1H3,(H,30,32)/t19-/m0/s1. The molecule has 0 bridgehead atoms. The number of aromatic nitrogens is 6. The molecule has 1 saturated heterocycles. The molecule has 2 aliphatic rings. The summed E-state index contributed by atoms with van der Waals surface area (Å²) in [6, 6.07) is 11.3. The SMILES string of the molecule is CN[C@H]1CCCN(c2ccc(Nc3cc(NC4CC4)n4ncc(C#N)c4n3)cc2-n2cnnc2)C1. The number of anilines is 4. The van der Waals surface area contributed by atoms with Crippen LogP contribution in [-0.4, -0.2) is 61.6 Å². The second-order valence-electron chi connectivity index (χ2n) is 9.12. The van der Waals surface area contributed by atoms with Gasteiger partial charge in [-0.1, -0.05) is 0 Å². The van der Waals surface area contributed by atoms with Crippen LogP contribution in [-0.2, 0) is 0 Å². The number of hydrogen-bond donors (Lipinski definition) is 3. The lowest BCUT2D eigenvalue weighted by Gasteiger charge is -2.35. The van der Waals surface area contributed by atoms with Crippen molar-refractivity contribution in [1.82, 2.24) is 34.7 Å². The van der Waals surface area contributed by atoms with Gasteiger partial charge in [0.05, 0.1) is 17.6 Å². The van der Waals surface area contributed by atoms with Gasteiger partial charge in [0.25, 0.3) is 0 Å². The maximum Gasteiger partial charge on any atom is 0.177 e. The van der Waals surface area contributed by atoms with Crippen LogP contribution in [0.4, 0.5) is 23.0 Å². The lowest BCUT2D eigenvalue weighted by atomic mass is 10.0. The van der Waals surface area contributed by atoms with E-state index in [1.165, 1.54) is 6.42 Å². The zero-order chi connectivity index (χ0) is 23.8. The number of rotatable bonds is 7. The Morgan fingerprint density at radius 3 is 2.69 bits per heavy atom. The van der Waals surface area contributed by atoms with Gasteiger partial charge in [-0.2, -0.15) is 14.9 Å². The fourth-order valence-corrected chi connectivity index (χ4v) is 4.63. The molecular formula is C24H27N11. The first-order valence-corrected chi connectivity index (χ1v) is 12.0. The van der Waals surface area contributed by atoms with E-state index in [9.17, 15) is 5.26 Å². The Balaban J connectivity index is 1.36. The first-order valence-electron chi connectivity index (χ1n) is 12.0. The molecule has 1 aromatic carbocycles. The van der Waals surface area contributed by atoms with Crippen LogP contribution in [0.2, 0.25) is 0 Å². The predicted octanol–water partition coefficient (Wildman–Crippen LogP) is 2.69. The normalized spacial score (nSPS) is 17.9. The van der Waals surface area contributed by atoms with Gasteiger partial charge in [-0.05, 0) is 50.9 Å². The van der Waals surface area contributed by atoms with Gasteiger partial charge in [-0.15, -0.1) is 10.2 Å². The molecule has 1 aliphatic carbocycles. The Morgan fingerprint density at radius 1 is 1.06 bits per heavy atom. The van der Waals surface area contributed by atoms with Crippen molar-refractivity contribution < 1.29 is 0 Å². The van der Waals surface area contributed by atoms with Gasteiger partial charge < -0.3 is 20.9 Å². The van der Waals surface area contributed by atoms with Gasteiger partial charge in [0.2, 0.25) is 0 Å². The molecular weight excluding hydrogens is 442 g/mol. The molecule has 6 rings (SSSR count). The van der Waals surface area contributed by atoms with Crippen molar-refractivity contribution in [2.45, 2.75) is 37.8 Å². The van der Waals surface area contributed by atoms with Crippen molar-refractivity contribution in [3.63, 3.8) is 0 Å². The minimum absolute atomic E-state index is 0.439. The molecule has 0 amide bonds. The van der Waals surface area contributed by atoms with Gasteiger partial charge in [0.15, 0.2) is 5.65 Å². The van der Waals surface area contributed by atoms with Crippen LogP contribution < -0.4 is 20.9 Å². The number of fused-ring (bicyclic) bond motifs is 1. The van der Waals surface area contributed by atoms with Crippen LogP contribution in [0.5, 0.6) is 0 Å². The van der Waals surface area contributed by atoms with Crippen molar-refractivity contribution >= 4 is 28.7 Å². The van der Waals surface area contributed by atoms with E-state index in [-0.39, 0.29) is 0 Å². The quantitative estimate of drug-likeness (QED) is 0.375. The molecule has 1 saturated carbocycles. The van der Waals surface area contributed by atoms with Crippen LogP contribution in [0.25, 0.3) is 11.3 Å². The Bertz CT molecular complexity index is 1380. The molecule has 0 radical (unpaired) electrons. The number of likely N-dealkylation sites (N-methyl/N-ethyl adjacent to an activating group) is 1. The maximum atomic E-state index is 9.52. The third-order valence-corrected chi connectivity index (χ3v) is 6.64. The Morgan fingerprint density at radius 2 is 1.91 bits per heavy atom. The van der Waals surface area contributed by atoms with Crippen LogP contribution in [0.3, 0.4) is 0 Å². The number of nitriles is 1. The highest BCUT2D eigenvalue weighted by Gasteiger charge is 2.24. The largest absolute Gasteiger partial charge is 0.368 e. The maximum absolute atomic E-state index is 9.52. The molecule has 35 heavy (non-hydrogen) atoms. The van der Waals surface area contributed by atoms with Crippen molar-refractivity contribution in [3.05, 3.63) is 48.7 Å². The van der Waals surface area contributed by atoms with E-state index in [4.69, 9.17) is 4.98 Å². The lowest BCUT2D eigenvalue weighted by Crippen LogP contribution is -2.44. The zero-order valence-electron chi connectivity index (χ0n) is 19.5. The van der Waals surface area contributed by atoms with E-state index in [0.29, 0.717) is 29.1 Å². The van der Waals surface area contributed by atoms with Crippen LogP contribution in [0.15, 0.2) is 43.1 Å². The Labute approximate surface area is 202 Å². The van der Waals surface area contributed by atoms with E-state index >= 15 is 0 Å². The molecule has 11 heteroatoms. The van der Waals surface area contributed by atoms with Crippen LogP contribution >= 0.6 is 0 Å². The fourth-order valence-electron chi connectivity index (χ4n) is 4.63. The van der Waals surface area contributed by atoms with E-state index in [2.05, 4.69) is 60.4 Å². The third kappa shape index (κ3) is 4.24. The second kappa shape index (κ2) is 8.88. The number of piperidine rings is 1. The molecule has 3 N–H and O–H groups in total. The minimum Gasteiger partial charge on any atom is -0.368 e. The highest BCUT2D eigenvalue weighted by Crippen LogP contribution is 2.32. The number of nitrogens with zero attached hydrogens (tertiary/aromatic N) is 8. The average molecular weight is 470 g/mol. The monoisotopic (exact) mass is 469 g/mol. The summed E-state index contributed by atoms with van der Waals surface area (Å²) in [6.07, 6.45) is 9.58. The first-order chi connectivity index (χ1) is 17.2. The molecule has 178 valence electrons.